The van der Waals surface area contributed by atoms with E-state index >= 15 is 0 Å². The highest BCUT2D eigenvalue weighted by atomic mass is 32.2. The Bertz CT molecular complexity index is 759. The number of nitrogens with one attached hydrogen (secondary N) is 1. The molecule has 0 aliphatic heterocycles. The molecule has 0 saturated carbocycles. The first kappa shape index (κ1) is 16.7. The lowest BCUT2D eigenvalue weighted by molar-refractivity contribution is -0.115. The summed E-state index contributed by atoms with van der Waals surface area (Å²) >= 11 is 3.03. The smallest absolute Gasteiger partial charge is 0.238 e. The van der Waals surface area contributed by atoms with Gasteiger partial charge in [0.2, 0.25) is 5.91 Å². The lowest BCUT2D eigenvalue weighted by Gasteiger charge is -2.06. The summed E-state index contributed by atoms with van der Waals surface area (Å²) in [6.07, 6.45) is 1.93. The van der Waals surface area contributed by atoms with Crippen LogP contribution in [0.5, 0.6) is 0 Å². The fraction of sp³-hybridized carbons (Fsp3) is 0.158. The second kappa shape index (κ2) is 7.64. The Balaban J connectivity index is 2.02. The van der Waals surface area contributed by atoms with Crippen molar-refractivity contribution >= 4 is 34.1 Å². The van der Waals surface area contributed by atoms with Crippen LogP contribution in [0.3, 0.4) is 0 Å². The van der Waals surface area contributed by atoms with Gasteiger partial charge in [-0.25, -0.2) is 4.98 Å². The van der Waals surface area contributed by atoms with E-state index in [4.69, 9.17) is 4.98 Å². The van der Waals surface area contributed by atoms with E-state index in [2.05, 4.69) is 17.4 Å². The highest BCUT2D eigenvalue weighted by Gasteiger charge is 2.18. The van der Waals surface area contributed by atoms with E-state index < -0.39 is 0 Å². The van der Waals surface area contributed by atoms with Crippen LogP contribution < -0.4 is 5.32 Å². The number of benzene rings is 2. The molecule has 0 fully saturated rings. The number of amides is 1. The summed E-state index contributed by atoms with van der Waals surface area (Å²) in [6, 6.07) is 20.2. The average Bonchev–Trinajstić information content (AvgIpc) is 3.06. The molecule has 0 bridgehead atoms. The zero-order valence-electron chi connectivity index (χ0n) is 13.5. The normalized spacial score (nSPS) is 11.9. The molecule has 24 heavy (non-hydrogen) atoms. The summed E-state index contributed by atoms with van der Waals surface area (Å²) in [5.41, 5.74) is 3.05. The second-order valence-electron chi connectivity index (χ2n) is 5.30. The predicted molar refractivity (Wildman–Crippen MR) is 105 cm³/mol. The standard InChI is InChI=1S/C19H18N2OS2/c1-13(23-2)18(22)21-19-20-16(14-9-5-3-6-10-14)17(24-19)15-11-7-4-8-12-15/h3-13H,1-2H3,(H,20,21,22). The highest BCUT2D eigenvalue weighted by Crippen LogP contribution is 2.38. The quantitative estimate of drug-likeness (QED) is 0.687. The third-order valence-corrected chi connectivity index (χ3v) is 5.60. The molecule has 5 heteroatoms. The number of carbonyl (C=O) groups excluding carboxylic acids is 1. The van der Waals surface area contributed by atoms with Crippen molar-refractivity contribution in [2.75, 3.05) is 11.6 Å². The molecular formula is C19H18N2OS2. The fourth-order valence-electron chi connectivity index (χ4n) is 2.26. The first-order valence-corrected chi connectivity index (χ1v) is 9.75. The monoisotopic (exact) mass is 354 g/mol. The Hall–Kier alpha value is -2.11. The highest BCUT2D eigenvalue weighted by molar-refractivity contribution is 7.99. The van der Waals surface area contributed by atoms with Gasteiger partial charge in [0.1, 0.15) is 0 Å². The van der Waals surface area contributed by atoms with Crippen molar-refractivity contribution in [3.8, 4) is 21.7 Å². The number of thioether (sulfide) groups is 1. The van der Waals surface area contributed by atoms with Crippen molar-refractivity contribution < 1.29 is 4.79 Å². The Morgan fingerprint density at radius 3 is 2.21 bits per heavy atom. The van der Waals surface area contributed by atoms with Crippen LogP contribution in [0.25, 0.3) is 21.7 Å². The zero-order valence-corrected chi connectivity index (χ0v) is 15.2. The second-order valence-corrected chi connectivity index (χ2v) is 7.47. The van der Waals surface area contributed by atoms with E-state index in [0.717, 1.165) is 21.7 Å². The van der Waals surface area contributed by atoms with E-state index in [1.807, 2.05) is 61.7 Å². The number of hydrogen-bond donors (Lipinski definition) is 1. The van der Waals surface area contributed by atoms with Crippen molar-refractivity contribution in [1.29, 1.82) is 0 Å². The van der Waals surface area contributed by atoms with E-state index in [0.29, 0.717) is 5.13 Å². The van der Waals surface area contributed by atoms with Gasteiger partial charge in [-0.15, -0.1) is 0 Å². The van der Waals surface area contributed by atoms with Gasteiger partial charge in [0.05, 0.1) is 15.8 Å². The van der Waals surface area contributed by atoms with Crippen molar-refractivity contribution in [2.24, 2.45) is 0 Å². The van der Waals surface area contributed by atoms with Gasteiger partial charge in [0.15, 0.2) is 5.13 Å². The van der Waals surface area contributed by atoms with Crippen molar-refractivity contribution in [3.05, 3.63) is 60.7 Å². The Morgan fingerprint density at radius 1 is 1.04 bits per heavy atom. The maximum Gasteiger partial charge on any atom is 0.238 e. The Morgan fingerprint density at radius 2 is 1.62 bits per heavy atom. The third-order valence-electron chi connectivity index (χ3n) is 3.66. The molecule has 0 aliphatic rings. The zero-order chi connectivity index (χ0) is 16.9. The van der Waals surface area contributed by atoms with Crippen LogP contribution >= 0.6 is 23.1 Å². The molecule has 2 aromatic carbocycles. The van der Waals surface area contributed by atoms with Gasteiger partial charge in [-0.3, -0.25) is 4.79 Å². The SMILES string of the molecule is CSC(C)C(=O)Nc1nc(-c2ccccc2)c(-c2ccccc2)s1. The number of carbonyl (C=O) groups is 1. The van der Waals surface area contributed by atoms with Crippen LogP contribution in [0.1, 0.15) is 6.92 Å². The molecule has 0 aliphatic carbocycles. The molecule has 3 nitrogen and oxygen atoms in total. The molecule has 1 atom stereocenters. The molecule has 122 valence electrons. The number of rotatable bonds is 5. The van der Waals surface area contributed by atoms with Crippen LogP contribution in [0.4, 0.5) is 5.13 Å². The van der Waals surface area contributed by atoms with Crippen molar-refractivity contribution in [1.82, 2.24) is 4.98 Å². The number of anilines is 1. The molecule has 3 rings (SSSR count). The first-order valence-electron chi connectivity index (χ1n) is 7.64. The average molecular weight is 355 g/mol. The van der Waals surface area contributed by atoms with Crippen LogP contribution in [0.15, 0.2) is 60.7 Å². The topological polar surface area (TPSA) is 42.0 Å². The molecule has 1 aromatic heterocycles. The third kappa shape index (κ3) is 3.68. The molecule has 1 heterocycles. The van der Waals surface area contributed by atoms with Gasteiger partial charge in [-0.2, -0.15) is 11.8 Å². The van der Waals surface area contributed by atoms with Crippen LogP contribution in [-0.2, 0) is 4.79 Å². The van der Waals surface area contributed by atoms with E-state index in [-0.39, 0.29) is 11.2 Å². The lowest BCUT2D eigenvalue weighted by Crippen LogP contribution is -2.21. The number of nitrogens with zero attached hydrogens (tertiary/aromatic N) is 1. The van der Waals surface area contributed by atoms with Crippen molar-refractivity contribution in [2.45, 2.75) is 12.2 Å². The summed E-state index contributed by atoms with van der Waals surface area (Å²) in [4.78, 5) is 17.9. The summed E-state index contributed by atoms with van der Waals surface area (Å²) in [5.74, 6) is -0.0181. The Kier molecular flexibility index (Phi) is 5.33. The molecule has 3 aromatic rings. The minimum Gasteiger partial charge on any atom is -0.301 e. The summed E-state index contributed by atoms with van der Waals surface area (Å²) in [5, 5.41) is 3.48. The molecule has 1 amide bonds. The first-order chi connectivity index (χ1) is 11.7. The summed E-state index contributed by atoms with van der Waals surface area (Å²) in [7, 11) is 0. The summed E-state index contributed by atoms with van der Waals surface area (Å²) < 4.78 is 0. The molecule has 0 spiro atoms. The van der Waals surface area contributed by atoms with Crippen LogP contribution in [0, 0.1) is 0 Å². The maximum absolute atomic E-state index is 12.2. The van der Waals surface area contributed by atoms with Gasteiger partial charge < -0.3 is 5.32 Å². The van der Waals surface area contributed by atoms with Gasteiger partial charge in [-0.05, 0) is 18.7 Å². The van der Waals surface area contributed by atoms with Gasteiger partial charge in [0.25, 0.3) is 0 Å². The van der Waals surface area contributed by atoms with Crippen LogP contribution in [-0.4, -0.2) is 22.4 Å². The van der Waals surface area contributed by atoms with E-state index in [1.165, 1.54) is 23.1 Å². The number of aromatic nitrogens is 1. The van der Waals surface area contributed by atoms with Gasteiger partial charge in [-0.1, -0.05) is 72.0 Å². The molecule has 1 unspecified atom stereocenters. The van der Waals surface area contributed by atoms with Crippen LogP contribution in [0.2, 0.25) is 0 Å². The fourth-order valence-corrected chi connectivity index (χ4v) is 3.53. The molecule has 0 saturated heterocycles. The molecule has 1 N–H and O–H groups in total. The summed E-state index contributed by atoms with van der Waals surface area (Å²) in [6.45, 7) is 1.89. The number of thiazole rings is 1. The minimum atomic E-state index is -0.103. The van der Waals surface area contributed by atoms with Crippen molar-refractivity contribution in [3.63, 3.8) is 0 Å². The van der Waals surface area contributed by atoms with Gasteiger partial charge >= 0.3 is 0 Å². The number of hydrogen-bond acceptors (Lipinski definition) is 4. The van der Waals surface area contributed by atoms with E-state index in [9.17, 15) is 4.79 Å². The molecular weight excluding hydrogens is 336 g/mol. The maximum atomic E-state index is 12.2. The Labute approximate surface area is 150 Å². The largest absolute Gasteiger partial charge is 0.301 e. The predicted octanol–water partition coefficient (Wildman–Crippen LogP) is 5.17. The lowest BCUT2D eigenvalue weighted by atomic mass is 10.1. The minimum absolute atomic E-state index is 0.0181. The van der Waals surface area contributed by atoms with E-state index in [1.54, 1.807) is 0 Å². The van der Waals surface area contributed by atoms with Gasteiger partial charge in [0, 0.05) is 5.56 Å². The molecule has 0 radical (unpaired) electrons.